The summed E-state index contributed by atoms with van der Waals surface area (Å²) < 4.78 is 2.13. The van der Waals surface area contributed by atoms with Gasteiger partial charge in [-0.05, 0) is 25.6 Å². The van der Waals surface area contributed by atoms with E-state index in [1.807, 2.05) is 30.5 Å². The largest absolute Gasteiger partial charge is 0.346 e. The van der Waals surface area contributed by atoms with E-state index in [0.29, 0.717) is 6.04 Å². The molecule has 1 aromatic heterocycles. The van der Waals surface area contributed by atoms with Gasteiger partial charge >= 0.3 is 0 Å². The molecule has 0 bridgehead atoms. The van der Waals surface area contributed by atoms with E-state index in [1.54, 1.807) is 6.07 Å². The number of benzene rings is 1. The zero-order valence-electron chi connectivity index (χ0n) is 10.3. The molecule has 0 aliphatic heterocycles. The van der Waals surface area contributed by atoms with Crippen molar-refractivity contribution in [3.8, 4) is 0 Å². The summed E-state index contributed by atoms with van der Waals surface area (Å²) in [6.45, 7) is 6.07. The number of pyridine rings is 1. The second-order valence-corrected chi connectivity index (χ2v) is 4.31. The zero-order valence-corrected chi connectivity index (χ0v) is 10.3. The van der Waals surface area contributed by atoms with Gasteiger partial charge in [-0.3, -0.25) is 4.79 Å². The fourth-order valence-corrected chi connectivity index (χ4v) is 2.13. The van der Waals surface area contributed by atoms with Crippen LogP contribution >= 0.6 is 0 Å². The summed E-state index contributed by atoms with van der Waals surface area (Å²) in [4.78, 5) is 11.7. The number of para-hydroxylation sites is 1. The summed E-state index contributed by atoms with van der Waals surface area (Å²) in [5, 5.41) is 4.16. The standard InChI is InChI=1S/C14H18N2O/c1-3-15-11(2)10-16-9-8-14(17)12-6-4-5-7-13(12)16/h4-9,11,15H,3,10H2,1-2H3. The number of rotatable bonds is 4. The van der Waals surface area contributed by atoms with Gasteiger partial charge < -0.3 is 9.88 Å². The lowest BCUT2D eigenvalue weighted by molar-refractivity contribution is 0.496. The third kappa shape index (κ3) is 2.56. The molecule has 17 heavy (non-hydrogen) atoms. The zero-order chi connectivity index (χ0) is 12.3. The van der Waals surface area contributed by atoms with Crippen molar-refractivity contribution in [3.05, 3.63) is 46.8 Å². The van der Waals surface area contributed by atoms with Crippen LogP contribution in [-0.4, -0.2) is 17.2 Å². The van der Waals surface area contributed by atoms with Gasteiger partial charge in [0.1, 0.15) is 0 Å². The Hall–Kier alpha value is -1.61. The molecule has 2 aromatic rings. The van der Waals surface area contributed by atoms with Gasteiger partial charge in [-0.2, -0.15) is 0 Å². The summed E-state index contributed by atoms with van der Waals surface area (Å²) in [6.07, 6.45) is 1.87. The molecule has 0 radical (unpaired) electrons. The van der Waals surface area contributed by atoms with Gasteiger partial charge in [0, 0.05) is 30.2 Å². The van der Waals surface area contributed by atoms with Gasteiger partial charge in [0.15, 0.2) is 5.43 Å². The van der Waals surface area contributed by atoms with Gasteiger partial charge in [-0.25, -0.2) is 0 Å². The summed E-state index contributed by atoms with van der Waals surface area (Å²) in [5.74, 6) is 0. The van der Waals surface area contributed by atoms with Crippen molar-refractivity contribution in [3.63, 3.8) is 0 Å². The molecule has 1 unspecified atom stereocenters. The lowest BCUT2D eigenvalue weighted by Gasteiger charge is -2.16. The molecule has 90 valence electrons. The van der Waals surface area contributed by atoms with Crippen molar-refractivity contribution in [1.82, 2.24) is 9.88 Å². The van der Waals surface area contributed by atoms with Crippen molar-refractivity contribution in [1.29, 1.82) is 0 Å². The quantitative estimate of drug-likeness (QED) is 0.871. The molecule has 0 saturated carbocycles. The molecular formula is C14H18N2O. The minimum absolute atomic E-state index is 0.0907. The number of hydrogen-bond donors (Lipinski definition) is 1. The van der Waals surface area contributed by atoms with Crippen LogP contribution in [0.4, 0.5) is 0 Å². The van der Waals surface area contributed by atoms with Crippen molar-refractivity contribution < 1.29 is 0 Å². The highest BCUT2D eigenvalue weighted by molar-refractivity contribution is 5.78. The van der Waals surface area contributed by atoms with E-state index in [1.165, 1.54) is 0 Å². The third-order valence-corrected chi connectivity index (χ3v) is 2.91. The molecule has 3 heteroatoms. The van der Waals surface area contributed by atoms with Gasteiger partial charge in [-0.15, -0.1) is 0 Å². The number of aromatic nitrogens is 1. The molecular weight excluding hydrogens is 212 g/mol. The summed E-state index contributed by atoms with van der Waals surface area (Å²) in [7, 11) is 0. The average molecular weight is 230 g/mol. The lowest BCUT2D eigenvalue weighted by Crippen LogP contribution is -2.30. The average Bonchev–Trinajstić information content (AvgIpc) is 2.34. The maximum absolute atomic E-state index is 11.7. The second kappa shape index (κ2) is 5.15. The normalized spacial score (nSPS) is 12.8. The van der Waals surface area contributed by atoms with Crippen molar-refractivity contribution in [2.45, 2.75) is 26.4 Å². The van der Waals surface area contributed by atoms with E-state index < -0.39 is 0 Å². The SMILES string of the molecule is CCNC(C)Cn1ccc(=O)c2ccccc21. The molecule has 0 aliphatic carbocycles. The van der Waals surface area contributed by atoms with Gasteiger partial charge in [0.2, 0.25) is 0 Å². The number of hydrogen-bond acceptors (Lipinski definition) is 2. The molecule has 1 aromatic carbocycles. The molecule has 2 rings (SSSR count). The van der Waals surface area contributed by atoms with Crippen LogP contribution in [0.5, 0.6) is 0 Å². The fourth-order valence-electron chi connectivity index (χ4n) is 2.13. The first-order chi connectivity index (χ1) is 8.22. The molecule has 0 spiro atoms. The Labute approximate surface area is 101 Å². The maximum atomic E-state index is 11.7. The first-order valence-electron chi connectivity index (χ1n) is 6.04. The molecule has 1 N–H and O–H groups in total. The highest BCUT2D eigenvalue weighted by Gasteiger charge is 2.05. The Morgan fingerprint density at radius 1 is 1.29 bits per heavy atom. The Bertz CT molecular complexity index is 559. The van der Waals surface area contributed by atoms with Crippen LogP contribution in [0.15, 0.2) is 41.3 Å². The molecule has 0 saturated heterocycles. The van der Waals surface area contributed by atoms with Crippen LogP contribution in [0.3, 0.4) is 0 Å². The van der Waals surface area contributed by atoms with Crippen LogP contribution in [0, 0.1) is 0 Å². The summed E-state index contributed by atoms with van der Waals surface area (Å²) in [6, 6.07) is 9.78. The smallest absolute Gasteiger partial charge is 0.189 e. The molecule has 1 atom stereocenters. The highest BCUT2D eigenvalue weighted by atomic mass is 16.1. The number of nitrogens with zero attached hydrogens (tertiary/aromatic N) is 1. The highest BCUT2D eigenvalue weighted by Crippen LogP contribution is 2.09. The Balaban J connectivity index is 2.41. The molecule has 1 heterocycles. The van der Waals surface area contributed by atoms with E-state index >= 15 is 0 Å². The predicted octanol–water partition coefficient (Wildman–Crippen LogP) is 2.00. The minimum Gasteiger partial charge on any atom is -0.346 e. The van der Waals surface area contributed by atoms with Crippen molar-refractivity contribution >= 4 is 10.9 Å². The van der Waals surface area contributed by atoms with E-state index in [2.05, 4.69) is 23.7 Å². The lowest BCUT2D eigenvalue weighted by atomic mass is 10.2. The van der Waals surface area contributed by atoms with Gasteiger partial charge in [0.05, 0.1) is 5.52 Å². The van der Waals surface area contributed by atoms with Crippen molar-refractivity contribution in [2.24, 2.45) is 0 Å². The monoisotopic (exact) mass is 230 g/mol. The summed E-state index contributed by atoms with van der Waals surface area (Å²) in [5.41, 5.74) is 1.10. The first-order valence-corrected chi connectivity index (χ1v) is 6.04. The fraction of sp³-hybridized carbons (Fsp3) is 0.357. The van der Waals surface area contributed by atoms with Crippen LogP contribution < -0.4 is 10.7 Å². The molecule has 0 aliphatic rings. The Kier molecular flexibility index (Phi) is 3.59. The Morgan fingerprint density at radius 3 is 2.82 bits per heavy atom. The van der Waals surface area contributed by atoms with Crippen LogP contribution in [0.1, 0.15) is 13.8 Å². The van der Waals surface area contributed by atoms with E-state index in [9.17, 15) is 4.79 Å². The van der Waals surface area contributed by atoms with Crippen molar-refractivity contribution in [2.75, 3.05) is 6.54 Å². The van der Waals surface area contributed by atoms with Crippen LogP contribution in [-0.2, 0) is 6.54 Å². The predicted molar refractivity (Wildman–Crippen MR) is 71.3 cm³/mol. The maximum Gasteiger partial charge on any atom is 0.189 e. The molecule has 0 amide bonds. The van der Waals surface area contributed by atoms with E-state index in [-0.39, 0.29) is 5.43 Å². The number of likely N-dealkylation sites (N-methyl/N-ethyl adjacent to an activating group) is 1. The Morgan fingerprint density at radius 2 is 2.06 bits per heavy atom. The van der Waals surface area contributed by atoms with Crippen LogP contribution in [0.2, 0.25) is 0 Å². The summed E-state index contributed by atoms with van der Waals surface area (Å²) >= 11 is 0. The number of nitrogens with one attached hydrogen (secondary N) is 1. The second-order valence-electron chi connectivity index (χ2n) is 4.31. The topological polar surface area (TPSA) is 34.0 Å². The number of fused-ring (bicyclic) bond motifs is 1. The minimum atomic E-state index is 0.0907. The first kappa shape index (κ1) is 11.9. The van der Waals surface area contributed by atoms with Gasteiger partial charge in [-0.1, -0.05) is 19.1 Å². The molecule has 0 fully saturated rings. The van der Waals surface area contributed by atoms with E-state index in [0.717, 1.165) is 24.0 Å². The van der Waals surface area contributed by atoms with Crippen LogP contribution in [0.25, 0.3) is 10.9 Å². The molecule has 3 nitrogen and oxygen atoms in total. The van der Waals surface area contributed by atoms with E-state index in [4.69, 9.17) is 0 Å². The van der Waals surface area contributed by atoms with Gasteiger partial charge in [0.25, 0.3) is 0 Å². The third-order valence-electron chi connectivity index (χ3n) is 2.91.